The Balaban J connectivity index is 0.00000220. The molecule has 0 bridgehead atoms. The van der Waals surface area contributed by atoms with Crippen molar-refractivity contribution in [1.29, 1.82) is 0 Å². The minimum absolute atomic E-state index is 0. The summed E-state index contributed by atoms with van der Waals surface area (Å²) in [6.45, 7) is 1.13. The van der Waals surface area contributed by atoms with E-state index in [4.69, 9.17) is 5.73 Å². The highest BCUT2D eigenvalue weighted by atomic mass is 127. The third-order valence-corrected chi connectivity index (χ3v) is 2.76. The lowest BCUT2D eigenvalue weighted by molar-refractivity contribution is 0.474. The molecule has 112 valence electrons. The summed E-state index contributed by atoms with van der Waals surface area (Å²) in [5.41, 5.74) is 7.71. The molecule has 4 N–H and O–H groups in total. The number of aromatic nitrogens is 1. The van der Waals surface area contributed by atoms with Crippen LogP contribution in [-0.4, -0.2) is 22.6 Å². The van der Waals surface area contributed by atoms with Crippen LogP contribution in [0.5, 0.6) is 5.75 Å². The third-order valence-electron chi connectivity index (χ3n) is 2.76. The van der Waals surface area contributed by atoms with Gasteiger partial charge in [0.2, 0.25) is 0 Å². The first-order chi connectivity index (χ1) is 9.74. The van der Waals surface area contributed by atoms with Crippen molar-refractivity contribution in [2.45, 2.75) is 13.0 Å². The van der Waals surface area contributed by atoms with Crippen LogP contribution in [0.1, 0.15) is 11.3 Å². The summed E-state index contributed by atoms with van der Waals surface area (Å²) in [5, 5.41) is 12.4. The molecule has 0 fully saturated rings. The smallest absolute Gasteiger partial charge is 0.188 e. The van der Waals surface area contributed by atoms with Gasteiger partial charge in [-0.1, -0.05) is 18.2 Å². The van der Waals surface area contributed by atoms with Gasteiger partial charge in [-0.3, -0.25) is 4.98 Å². The van der Waals surface area contributed by atoms with Crippen LogP contribution >= 0.6 is 24.0 Å². The Bertz CT molecular complexity index is 575. The monoisotopic (exact) mass is 398 g/mol. The Kier molecular flexibility index (Phi) is 7.52. The Labute approximate surface area is 141 Å². The zero-order valence-corrected chi connectivity index (χ0v) is 13.9. The second kappa shape index (κ2) is 9.17. The summed E-state index contributed by atoms with van der Waals surface area (Å²) in [6.07, 6.45) is 2.57. The minimum atomic E-state index is 0. The zero-order valence-electron chi connectivity index (χ0n) is 11.6. The van der Waals surface area contributed by atoms with Gasteiger partial charge in [-0.25, -0.2) is 4.99 Å². The molecular weight excluding hydrogens is 379 g/mol. The molecule has 1 aromatic carbocycles. The predicted octanol–water partition coefficient (Wildman–Crippen LogP) is 2.05. The molecule has 0 aliphatic heterocycles. The quantitative estimate of drug-likeness (QED) is 0.409. The van der Waals surface area contributed by atoms with Crippen LogP contribution in [0.2, 0.25) is 0 Å². The molecule has 0 aliphatic carbocycles. The molecule has 0 aliphatic rings. The topological polar surface area (TPSA) is 83.5 Å². The molecule has 2 aromatic rings. The maximum absolute atomic E-state index is 9.34. The number of nitrogens with one attached hydrogen (secondary N) is 1. The van der Waals surface area contributed by atoms with Gasteiger partial charge in [0, 0.05) is 24.9 Å². The van der Waals surface area contributed by atoms with Crippen LogP contribution in [0.3, 0.4) is 0 Å². The van der Waals surface area contributed by atoms with E-state index >= 15 is 0 Å². The molecule has 0 radical (unpaired) electrons. The highest BCUT2D eigenvalue weighted by molar-refractivity contribution is 14.0. The molecule has 0 spiro atoms. The molecular formula is C15H19IN4O. The summed E-state index contributed by atoms with van der Waals surface area (Å²) < 4.78 is 0. The standard InChI is InChI=1S/C15H18N4O.HI/c16-15(18-9-7-13-5-1-2-8-17-13)19-11-12-4-3-6-14(20)10-12;/h1-6,8,10,20H,7,9,11H2,(H3,16,18,19);1H. The first-order valence-electron chi connectivity index (χ1n) is 6.45. The Morgan fingerprint density at radius 1 is 1.24 bits per heavy atom. The van der Waals surface area contributed by atoms with E-state index in [1.165, 1.54) is 0 Å². The van der Waals surface area contributed by atoms with Gasteiger partial charge >= 0.3 is 0 Å². The van der Waals surface area contributed by atoms with E-state index in [-0.39, 0.29) is 29.7 Å². The fourth-order valence-corrected chi connectivity index (χ4v) is 1.75. The number of hydrogen-bond acceptors (Lipinski definition) is 3. The van der Waals surface area contributed by atoms with Crippen LogP contribution in [0, 0.1) is 0 Å². The van der Waals surface area contributed by atoms with E-state index in [9.17, 15) is 5.11 Å². The number of benzene rings is 1. The number of guanidine groups is 1. The highest BCUT2D eigenvalue weighted by Gasteiger charge is 1.96. The van der Waals surface area contributed by atoms with Crippen molar-refractivity contribution in [3.8, 4) is 5.75 Å². The first-order valence-corrected chi connectivity index (χ1v) is 6.45. The van der Waals surface area contributed by atoms with Crippen molar-refractivity contribution >= 4 is 29.9 Å². The number of nitrogens with two attached hydrogens (primary N) is 1. The number of halogens is 1. The molecule has 6 heteroatoms. The summed E-state index contributed by atoms with van der Waals surface area (Å²) in [4.78, 5) is 8.45. The van der Waals surface area contributed by atoms with E-state index in [0.717, 1.165) is 17.7 Å². The van der Waals surface area contributed by atoms with Gasteiger partial charge in [-0.2, -0.15) is 0 Å². The first kappa shape index (κ1) is 17.2. The molecule has 1 heterocycles. The summed E-state index contributed by atoms with van der Waals surface area (Å²) in [5.74, 6) is 0.628. The molecule has 0 amide bonds. The second-order valence-electron chi connectivity index (χ2n) is 4.37. The SMILES string of the molecule is I.NC(=NCc1cccc(O)c1)NCCc1ccccn1. The number of aromatic hydroxyl groups is 1. The van der Waals surface area contributed by atoms with Crippen LogP contribution in [-0.2, 0) is 13.0 Å². The van der Waals surface area contributed by atoms with Gasteiger partial charge < -0.3 is 16.2 Å². The van der Waals surface area contributed by atoms with Crippen molar-refractivity contribution in [3.63, 3.8) is 0 Å². The van der Waals surface area contributed by atoms with Crippen LogP contribution < -0.4 is 11.1 Å². The Morgan fingerprint density at radius 3 is 2.81 bits per heavy atom. The number of nitrogens with zero attached hydrogens (tertiary/aromatic N) is 2. The average molecular weight is 398 g/mol. The van der Waals surface area contributed by atoms with E-state index in [0.29, 0.717) is 19.0 Å². The lowest BCUT2D eigenvalue weighted by Gasteiger charge is -2.05. The lowest BCUT2D eigenvalue weighted by atomic mass is 10.2. The molecule has 0 unspecified atom stereocenters. The number of rotatable bonds is 5. The van der Waals surface area contributed by atoms with Crippen LogP contribution in [0.25, 0.3) is 0 Å². The second-order valence-corrected chi connectivity index (χ2v) is 4.37. The lowest BCUT2D eigenvalue weighted by Crippen LogP contribution is -2.33. The van der Waals surface area contributed by atoms with Gasteiger partial charge in [-0.05, 0) is 29.8 Å². The molecule has 0 saturated carbocycles. The fourth-order valence-electron chi connectivity index (χ4n) is 1.75. The van der Waals surface area contributed by atoms with Gasteiger partial charge in [0.1, 0.15) is 5.75 Å². The average Bonchev–Trinajstić information content (AvgIpc) is 2.46. The van der Waals surface area contributed by atoms with Crippen molar-refractivity contribution in [3.05, 3.63) is 59.9 Å². The number of aliphatic imine (C=N–C) groups is 1. The van der Waals surface area contributed by atoms with Crippen molar-refractivity contribution in [1.82, 2.24) is 10.3 Å². The van der Waals surface area contributed by atoms with E-state index < -0.39 is 0 Å². The number of phenols is 1. The largest absolute Gasteiger partial charge is 0.508 e. The fraction of sp³-hybridized carbons (Fsp3) is 0.200. The number of hydrogen-bond donors (Lipinski definition) is 3. The Hall–Kier alpha value is -1.83. The molecule has 21 heavy (non-hydrogen) atoms. The van der Waals surface area contributed by atoms with Gasteiger partial charge in [-0.15, -0.1) is 24.0 Å². The Morgan fingerprint density at radius 2 is 2.10 bits per heavy atom. The van der Waals surface area contributed by atoms with E-state index in [1.807, 2.05) is 24.3 Å². The van der Waals surface area contributed by atoms with Crippen molar-refractivity contribution < 1.29 is 5.11 Å². The third kappa shape index (κ3) is 6.44. The summed E-state index contributed by atoms with van der Waals surface area (Å²) in [6, 6.07) is 12.8. The maximum atomic E-state index is 9.34. The molecule has 1 aromatic heterocycles. The molecule has 0 saturated heterocycles. The van der Waals surface area contributed by atoms with Gasteiger partial charge in [0.15, 0.2) is 5.96 Å². The van der Waals surface area contributed by atoms with E-state index in [1.54, 1.807) is 24.4 Å². The van der Waals surface area contributed by atoms with Crippen LogP contribution in [0.4, 0.5) is 0 Å². The number of phenolic OH excluding ortho intramolecular Hbond substituents is 1. The molecule has 2 rings (SSSR count). The summed E-state index contributed by atoms with van der Waals surface area (Å²) >= 11 is 0. The highest BCUT2D eigenvalue weighted by Crippen LogP contribution is 2.11. The van der Waals surface area contributed by atoms with Gasteiger partial charge in [0.25, 0.3) is 0 Å². The minimum Gasteiger partial charge on any atom is -0.508 e. The van der Waals surface area contributed by atoms with Crippen molar-refractivity contribution in [2.75, 3.05) is 6.54 Å². The molecule has 5 nitrogen and oxygen atoms in total. The maximum Gasteiger partial charge on any atom is 0.188 e. The zero-order chi connectivity index (χ0) is 14.2. The van der Waals surface area contributed by atoms with Crippen molar-refractivity contribution in [2.24, 2.45) is 10.7 Å². The van der Waals surface area contributed by atoms with Gasteiger partial charge in [0.05, 0.1) is 6.54 Å². The predicted molar refractivity (Wildman–Crippen MR) is 94.8 cm³/mol. The van der Waals surface area contributed by atoms with Crippen LogP contribution in [0.15, 0.2) is 53.7 Å². The normalized spacial score (nSPS) is 10.8. The number of pyridine rings is 1. The molecule has 0 atom stereocenters. The van der Waals surface area contributed by atoms with E-state index in [2.05, 4.69) is 15.3 Å². The summed E-state index contributed by atoms with van der Waals surface area (Å²) in [7, 11) is 0.